The molecule has 0 N–H and O–H groups in total. The molecule has 2 aromatic carbocycles. The molecule has 2 aromatic heterocycles. The molecule has 4 aromatic rings. The Morgan fingerprint density at radius 2 is 1.82 bits per heavy atom. The van der Waals surface area contributed by atoms with Gasteiger partial charge in [0.25, 0.3) is 5.56 Å². The molecule has 0 radical (unpaired) electrons. The number of halogens is 1. The molecule has 108 valence electrons. The average molecular weight is 310 g/mol. The first-order chi connectivity index (χ1) is 10.6. The number of aromatic nitrogens is 3. The highest BCUT2D eigenvalue weighted by molar-refractivity contribution is 6.31. The molecule has 0 aliphatic rings. The predicted octanol–water partition coefficient (Wildman–Crippen LogP) is 3.60. The van der Waals surface area contributed by atoms with Gasteiger partial charge in [-0.2, -0.15) is 4.52 Å². The molecule has 0 saturated carbocycles. The maximum atomic E-state index is 12.9. The molecule has 4 nitrogen and oxygen atoms in total. The van der Waals surface area contributed by atoms with Gasteiger partial charge in [0, 0.05) is 16.8 Å². The molecule has 0 spiro atoms. The summed E-state index contributed by atoms with van der Waals surface area (Å²) in [7, 11) is 0. The lowest BCUT2D eigenvalue weighted by molar-refractivity contribution is 0.750. The fraction of sp³-hybridized carbons (Fsp3) is 0.0588. The van der Waals surface area contributed by atoms with Crippen LogP contribution in [0.5, 0.6) is 0 Å². The SMILES string of the molecule is Cc1cc2nc3ccc(Cl)cc3c(=O)n2n1-c1ccccc1. The summed E-state index contributed by atoms with van der Waals surface area (Å²) in [5, 5.41) is 1.04. The minimum atomic E-state index is -0.126. The Morgan fingerprint density at radius 1 is 1.05 bits per heavy atom. The third kappa shape index (κ3) is 1.84. The Hall–Kier alpha value is -2.59. The van der Waals surface area contributed by atoms with Gasteiger partial charge < -0.3 is 0 Å². The predicted molar refractivity (Wildman–Crippen MR) is 88.0 cm³/mol. The molecule has 2 heterocycles. The van der Waals surface area contributed by atoms with Crippen LogP contribution < -0.4 is 5.56 Å². The fourth-order valence-electron chi connectivity index (χ4n) is 2.75. The van der Waals surface area contributed by atoms with E-state index in [9.17, 15) is 4.79 Å². The lowest BCUT2D eigenvalue weighted by Gasteiger charge is -2.09. The van der Waals surface area contributed by atoms with Gasteiger partial charge in [-0.3, -0.25) is 4.79 Å². The van der Waals surface area contributed by atoms with Crippen LogP contribution in [0.3, 0.4) is 0 Å². The number of aryl methyl sites for hydroxylation is 1. The minimum Gasteiger partial charge on any atom is -0.267 e. The number of rotatable bonds is 1. The third-order valence-electron chi connectivity index (χ3n) is 3.71. The van der Waals surface area contributed by atoms with Crippen molar-refractivity contribution in [2.24, 2.45) is 0 Å². The zero-order valence-electron chi connectivity index (χ0n) is 11.8. The lowest BCUT2D eigenvalue weighted by Crippen LogP contribution is -2.21. The maximum Gasteiger partial charge on any atom is 0.281 e. The lowest BCUT2D eigenvalue weighted by atomic mass is 10.2. The second-order valence-corrected chi connectivity index (χ2v) is 5.62. The first-order valence-electron chi connectivity index (χ1n) is 6.91. The summed E-state index contributed by atoms with van der Waals surface area (Å²) in [4.78, 5) is 17.5. The van der Waals surface area contributed by atoms with Gasteiger partial charge >= 0.3 is 0 Å². The Bertz CT molecular complexity index is 1060. The molecule has 5 heteroatoms. The van der Waals surface area contributed by atoms with Crippen molar-refractivity contribution in [1.82, 2.24) is 14.2 Å². The molecule has 0 bridgehead atoms. The first kappa shape index (κ1) is 13.1. The Morgan fingerprint density at radius 3 is 2.59 bits per heavy atom. The van der Waals surface area contributed by atoms with Crippen molar-refractivity contribution in [2.45, 2.75) is 6.92 Å². The molecule has 4 rings (SSSR count). The van der Waals surface area contributed by atoms with Crippen LogP contribution >= 0.6 is 11.6 Å². The molecule has 0 amide bonds. The topological polar surface area (TPSA) is 39.3 Å². The summed E-state index contributed by atoms with van der Waals surface area (Å²) >= 11 is 6.02. The molecular formula is C17H12ClN3O. The molecule has 0 saturated heterocycles. The van der Waals surface area contributed by atoms with E-state index in [0.29, 0.717) is 21.6 Å². The highest BCUT2D eigenvalue weighted by atomic mass is 35.5. The monoisotopic (exact) mass is 309 g/mol. The van der Waals surface area contributed by atoms with Crippen molar-refractivity contribution < 1.29 is 0 Å². The average Bonchev–Trinajstić information content (AvgIpc) is 2.85. The van der Waals surface area contributed by atoms with Crippen LogP contribution in [0.2, 0.25) is 5.02 Å². The van der Waals surface area contributed by atoms with E-state index in [2.05, 4.69) is 4.98 Å². The molecule has 0 aliphatic heterocycles. The highest BCUT2D eigenvalue weighted by Gasteiger charge is 2.13. The van der Waals surface area contributed by atoms with Crippen LogP contribution in [0.1, 0.15) is 5.69 Å². The van der Waals surface area contributed by atoms with Crippen molar-refractivity contribution in [3.8, 4) is 5.69 Å². The summed E-state index contributed by atoms with van der Waals surface area (Å²) in [5.41, 5.74) is 3.01. The van der Waals surface area contributed by atoms with Crippen LogP contribution in [-0.2, 0) is 0 Å². The van der Waals surface area contributed by atoms with Gasteiger partial charge in [-0.05, 0) is 37.3 Å². The first-order valence-corrected chi connectivity index (χ1v) is 7.29. The van der Waals surface area contributed by atoms with E-state index in [4.69, 9.17) is 11.6 Å². The number of benzene rings is 2. The van der Waals surface area contributed by atoms with Gasteiger partial charge in [0.1, 0.15) is 0 Å². The van der Waals surface area contributed by atoms with Gasteiger partial charge in [-0.15, -0.1) is 0 Å². The maximum absolute atomic E-state index is 12.9. The van der Waals surface area contributed by atoms with E-state index in [1.54, 1.807) is 22.7 Å². The van der Waals surface area contributed by atoms with E-state index < -0.39 is 0 Å². The highest BCUT2D eigenvalue weighted by Crippen LogP contribution is 2.18. The fourth-order valence-corrected chi connectivity index (χ4v) is 2.92. The van der Waals surface area contributed by atoms with Crippen LogP contribution in [0, 0.1) is 6.92 Å². The van der Waals surface area contributed by atoms with Crippen molar-refractivity contribution >= 4 is 28.2 Å². The van der Waals surface area contributed by atoms with E-state index in [0.717, 1.165) is 11.4 Å². The number of nitrogens with zero attached hydrogens (tertiary/aromatic N) is 3. The van der Waals surface area contributed by atoms with Gasteiger partial charge in [0.15, 0.2) is 5.65 Å². The normalized spacial score (nSPS) is 11.4. The third-order valence-corrected chi connectivity index (χ3v) is 3.94. The summed E-state index contributed by atoms with van der Waals surface area (Å²) in [6, 6.07) is 16.8. The smallest absolute Gasteiger partial charge is 0.267 e. The van der Waals surface area contributed by atoms with E-state index in [1.165, 1.54) is 0 Å². The molecule has 22 heavy (non-hydrogen) atoms. The van der Waals surface area contributed by atoms with Gasteiger partial charge in [-0.25, -0.2) is 9.67 Å². The molecule has 0 unspecified atom stereocenters. The van der Waals surface area contributed by atoms with Crippen molar-refractivity contribution in [2.75, 3.05) is 0 Å². The largest absolute Gasteiger partial charge is 0.281 e. The number of hydrogen-bond acceptors (Lipinski definition) is 2. The van der Waals surface area contributed by atoms with Crippen LogP contribution in [0.15, 0.2) is 59.4 Å². The van der Waals surface area contributed by atoms with Gasteiger partial charge in [0.2, 0.25) is 0 Å². The van der Waals surface area contributed by atoms with Crippen molar-refractivity contribution in [3.63, 3.8) is 0 Å². The zero-order chi connectivity index (χ0) is 15.3. The molecular weight excluding hydrogens is 298 g/mol. The molecule has 0 aliphatic carbocycles. The van der Waals surface area contributed by atoms with Crippen molar-refractivity contribution in [1.29, 1.82) is 0 Å². The Balaban J connectivity index is 2.19. The number of fused-ring (bicyclic) bond motifs is 2. The van der Waals surface area contributed by atoms with Crippen LogP contribution in [-0.4, -0.2) is 14.2 Å². The second kappa shape index (κ2) is 4.71. The summed E-state index contributed by atoms with van der Waals surface area (Å²) in [6.07, 6.45) is 0. The summed E-state index contributed by atoms with van der Waals surface area (Å²) in [5.74, 6) is 0. The molecule has 0 atom stereocenters. The van der Waals surface area contributed by atoms with E-state index in [1.807, 2.05) is 48.0 Å². The van der Waals surface area contributed by atoms with Crippen LogP contribution in [0.25, 0.3) is 22.2 Å². The van der Waals surface area contributed by atoms with Gasteiger partial charge in [-0.1, -0.05) is 29.8 Å². The van der Waals surface area contributed by atoms with E-state index in [-0.39, 0.29) is 5.56 Å². The summed E-state index contributed by atoms with van der Waals surface area (Å²) in [6.45, 7) is 1.96. The Labute approximate surface area is 131 Å². The summed E-state index contributed by atoms with van der Waals surface area (Å²) < 4.78 is 3.45. The number of para-hydroxylation sites is 1. The quantitative estimate of drug-likeness (QED) is 0.539. The Kier molecular flexibility index (Phi) is 2.81. The second-order valence-electron chi connectivity index (χ2n) is 5.18. The minimum absolute atomic E-state index is 0.126. The standard InChI is InChI=1S/C17H12ClN3O/c1-11-9-16-19-15-8-7-12(18)10-14(15)17(22)21(16)20(11)13-5-3-2-4-6-13/h2-10H,1H3. The molecule has 0 fully saturated rings. The van der Waals surface area contributed by atoms with Gasteiger partial charge in [0.05, 0.1) is 16.6 Å². The number of hydrogen-bond donors (Lipinski definition) is 0. The van der Waals surface area contributed by atoms with Crippen LogP contribution in [0.4, 0.5) is 0 Å². The van der Waals surface area contributed by atoms with E-state index >= 15 is 0 Å². The zero-order valence-corrected chi connectivity index (χ0v) is 12.6. The van der Waals surface area contributed by atoms with Crippen molar-refractivity contribution in [3.05, 3.63) is 75.7 Å².